The Kier molecular flexibility index (Phi) is 5.64. The minimum Gasteiger partial charge on any atom is -0.346 e. The molecule has 0 saturated heterocycles. The highest BCUT2D eigenvalue weighted by atomic mass is 16.7. The second-order valence-corrected chi connectivity index (χ2v) is 2.74. The molecule has 0 radical (unpaired) electrons. The van der Waals surface area contributed by atoms with Crippen molar-refractivity contribution in [2.45, 2.75) is 13.3 Å². The maximum Gasteiger partial charge on any atom is 0.235 e. The molecule has 0 saturated carbocycles. The highest BCUT2D eigenvalue weighted by Gasteiger charge is 2.08. The zero-order valence-electron chi connectivity index (χ0n) is 8.61. The SMILES string of the molecule is CCCON(C)C(=NC#N)N(C)C. The molecule has 0 spiro atoms. The molecule has 74 valence electrons. The fraction of sp³-hybridized carbons (Fsp3) is 0.750. The molecule has 0 fully saturated rings. The molecule has 0 atom stereocenters. The first-order chi connectivity index (χ1) is 6.13. The van der Waals surface area contributed by atoms with Crippen molar-refractivity contribution >= 4 is 5.96 Å². The Hall–Kier alpha value is -1.28. The monoisotopic (exact) mass is 184 g/mol. The van der Waals surface area contributed by atoms with E-state index < -0.39 is 0 Å². The third kappa shape index (κ3) is 4.33. The fourth-order valence-electron chi connectivity index (χ4n) is 0.783. The summed E-state index contributed by atoms with van der Waals surface area (Å²) < 4.78 is 0. The Morgan fingerprint density at radius 1 is 1.46 bits per heavy atom. The molecular formula is C8H16N4O. The van der Waals surface area contributed by atoms with Crippen LogP contribution < -0.4 is 0 Å². The van der Waals surface area contributed by atoms with Crippen LogP contribution in [0.4, 0.5) is 0 Å². The summed E-state index contributed by atoms with van der Waals surface area (Å²) in [5.41, 5.74) is 0. The van der Waals surface area contributed by atoms with Gasteiger partial charge in [-0.05, 0) is 6.42 Å². The van der Waals surface area contributed by atoms with Gasteiger partial charge in [0.2, 0.25) is 12.2 Å². The summed E-state index contributed by atoms with van der Waals surface area (Å²) in [7, 11) is 5.34. The molecule has 0 unspecified atom stereocenters. The van der Waals surface area contributed by atoms with Gasteiger partial charge < -0.3 is 4.90 Å². The van der Waals surface area contributed by atoms with E-state index in [-0.39, 0.29) is 0 Å². The molecule has 0 rings (SSSR count). The van der Waals surface area contributed by atoms with Gasteiger partial charge in [0.1, 0.15) is 0 Å². The molecular weight excluding hydrogens is 168 g/mol. The van der Waals surface area contributed by atoms with Gasteiger partial charge in [-0.25, -0.2) is 5.06 Å². The van der Waals surface area contributed by atoms with Crippen LogP contribution in [0.15, 0.2) is 4.99 Å². The van der Waals surface area contributed by atoms with Crippen molar-refractivity contribution in [3.8, 4) is 6.19 Å². The lowest BCUT2D eigenvalue weighted by Gasteiger charge is -2.24. The quantitative estimate of drug-likeness (QED) is 0.280. The lowest BCUT2D eigenvalue weighted by molar-refractivity contribution is -0.0865. The standard InChI is InChI=1S/C8H16N4O/c1-5-6-13-12(4)8(10-7-9)11(2)3/h5-6H2,1-4H3. The van der Waals surface area contributed by atoms with E-state index in [4.69, 9.17) is 10.1 Å². The van der Waals surface area contributed by atoms with Crippen LogP contribution in [0.3, 0.4) is 0 Å². The highest BCUT2D eigenvalue weighted by molar-refractivity contribution is 5.79. The largest absolute Gasteiger partial charge is 0.346 e. The molecule has 0 aliphatic carbocycles. The van der Waals surface area contributed by atoms with Crippen LogP contribution in [0, 0.1) is 11.5 Å². The summed E-state index contributed by atoms with van der Waals surface area (Å²) in [6.45, 7) is 2.64. The molecule has 5 nitrogen and oxygen atoms in total. The predicted molar refractivity (Wildman–Crippen MR) is 50.7 cm³/mol. The van der Waals surface area contributed by atoms with E-state index in [2.05, 4.69) is 4.99 Å². The van der Waals surface area contributed by atoms with E-state index in [1.54, 1.807) is 18.1 Å². The number of nitrogens with zero attached hydrogens (tertiary/aromatic N) is 4. The summed E-state index contributed by atoms with van der Waals surface area (Å²) >= 11 is 0. The molecule has 0 heterocycles. The lowest BCUT2D eigenvalue weighted by Crippen LogP contribution is -2.38. The average molecular weight is 184 g/mol. The van der Waals surface area contributed by atoms with E-state index in [0.29, 0.717) is 12.6 Å². The first kappa shape index (κ1) is 11.7. The summed E-state index contributed by atoms with van der Waals surface area (Å²) in [6.07, 6.45) is 2.66. The molecule has 0 bridgehead atoms. The molecule has 0 aromatic rings. The van der Waals surface area contributed by atoms with Gasteiger partial charge in [0.25, 0.3) is 0 Å². The van der Waals surface area contributed by atoms with Crippen molar-refractivity contribution in [2.24, 2.45) is 4.99 Å². The molecule has 13 heavy (non-hydrogen) atoms. The Labute approximate surface area is 79.2 Å². The smallest absolute Gasteiger partial charge is 0.235 e. The lowest BCUT2D eigenvalue weighted by atomic mass is 10.5. The van der Waals surface area contributed by atoms with Crippen LogP contribution in [0.5, 0.6) is 0 Å². The first-order valence-electron chi connectivity index (χ1n) is 4.14. The number of hydroxylamine groups is 2. The molecule has 0 aliphatic rings. The molecule has 0 aromatic heterocycles. The summed E-state index contributed by atoms with van der Waals surface area (Å²) in [4.78, 5) is 10.6. The molecule has 0 amide bonds. The van der Waals surface area contributed by atoms with E-state index in [1.165, 1.54) is 5.06 Å². The van der Waals surface area contributed by atoms with Crippen LogP contribution in [-0.2, 0) is 4.84 Å². The van der Waals surface area contributed by atoms with Crippen LogP contribution in [0.25, 0.3) is 0 Å². The van der Waals surface area contributed by atoms with Crippen molar-refractivity contribution in [3.63, 3.8) is 0 Å². The van der Waals surface area contributed by atoms with Gasteiger partial charge in [-0.1, -0.05) is 6.92 Å². The van der Waals surface area contributed by atoms with E-state index in [1.807, 2.05) is 21.0 Å². The van der Waals surface area contributed by atoms with Gasteiger partial charge in [0.05, 0.1) is 6.61 Å². The fourth-order valence-corrected chi connectivity index (χ4v) is 0.783. The Morgan fingerprint density at radius 3 is 2.46 bits per heavy atom. The number of nitriles is 1. The summed E-state index contributed by atoms with van der Waals surface area (Å²) in [5, 5.41) is 9.91. The number of hydrogen-bond donors (Lipinski definition) is 0. The van der Waals surface area contributed by atoms with Crippen molar-refractivity contribution in [1.29, 1.82) is 5.26 Å². The minimum atomic E-state index is 0.496. The van der Waals surface area contributed by atoms with Crippen molar-refractivity contribution in [3.05, 3.63) is 0 Å². The molecule has 0 aliphatic heterocycles. The van der Waals surface area contributed by atoms with Gasteiger partial charge in [-0.2, -0.15) is 5.26 Å². The van der Waals surface area contributed by atoms with Gasteiger partial charge in [0, 0.05) is 21.1 Å². The zero-order valence-corrected chi connectivity index (χ0v) is 8.61. The molecule has 0 N–H and O–H groups in total. The topological polar surface area (TPSA) is 51.9 Å². The van der Waals surface area contributed by atoms with Crippen LogP contribution >= 0.6 is 0 Å². The van der Waals surface area contributed by atoms with E-state index >= 15 is 0 Å². The maximum absolute atomic E-state index is 8.41. The minimum absolute atomic E-state index is 0.496. The van der Waals surface area contributed by atoms with Crippen LogP contribution in [0.1, 0.15) is 13.3 Å². The van der Waals surface area contributed by atoms with Gasteiger partial charge in [-0.15, -0.1) is 4.99 Å². The number of aliphatic imine (C=N–C) groups is 1. The molecule has 5 heteroatoms. The number of guanidine groups is 1. The predicted octanol–water partition coefficient (Wildman–Crippen LogP) is 0.658. The van der Waals surface area contributed by atoms with Gasteiger partial charge in [0.15, 0.2) is 0 Å². The van der Waals surface area contributed by atoms with Crippen molar-refractivity contribution < 1.29 is 4.84 Å². The maximum atomic E-state index is 8.41. The van der Waals surface area contributed by atoms with Crippen molar-refractivity contribution in [2.75, 3.05) is 27.7 Å². The average Bonchev–Trinajstić information content (AvgIpc) is 2.09. The normalized spacial score (nSPS) is 10.8. The Balaban J connectivity index is 4.23. The number of rotatable bonds is 3. The highest BCUT2D eigenvalue weighted by Crippen LogP contribution is 1.94. The van der Waals surface area contributed by atoms with E-state index in [0.717, 1.165) is 6.42 Å². The van der Waals surface area contributed by atoms with Crippen molar-refractivity contribution in [1.82, 2.24) is 9.96 Å². The first-order valence-corrected chi connectivity index (χ1v) is 4.14. The summed E-state index contributed by atoms with van der Waals surface area (Å²) in [6, 6.07) is 0. The molecule has 0 aromatic carbocycles. The zero-order chi connectivity index (χ0) is 10.3. The Bertz CT molecular complexity index is 207. The van der Waals surface area contributed by atoms with E-state index in [9.17, 15) is 0 Å². The van der Waals surface area contributed by atoms with Crippen LogP contribution in [0.2, 0.25) is 0 Å². The second-order valence-electron chi connectivity index (χ2n) is 2.74. The van der Waals surface area contributed by atoms with Gasteiger partial charge in [-0.3, -0.25) is 4.84 Å². The third-order valence-corrected chi connectivity index (χ3v) is 1.32. The number of hydrogen-bond acceptors (Lipinski definition) is 3. The Morgan fingerprint density at radius 2 is 2.08 bits per heavy atom. The van der Waals surface area contributed by atoms with Crippen LogP contribution in [-0.4, -0.2) is 43.7 Å². The second kappa shape index (κ2) is 6.26. The van der Waals surface area contributed by atoms with Gasteiger partial charge >= 0.3 is 0 Å². The third-order valence-electron chi connectivity index (χ3n) is 1.32. The summed E-state index contributed by atoms with van der Waals surface area (Å²) in [5.74, 6) is 0.496.